The van der Waals surface area contributed by atoms with Gasteiger partial charge < -0.3 is 24.6 Å². The van der Waals surface area contributed by atoms with Crippen molar-refractivity contribution in [3.63, 3.8) is 0 Å². The summed E-state index contributed by atoms with van der Waals surface area (Å²) in [6.45, 7) is 3.46. The first-order chi connectivity index (χ1) is 23.3. The molecule has 0 aliphatic carbocycles. The number of carbonyl (C=O) groups is 1. The van der Waals surface area contributed by atoms with Crippen LogP contribution in [0.3, 0.4) is 0 Å². The smallest absolute Gasteiger partial charge is 0.457 e. The van der Waals surface area contributed by atoms with Crippen LogP contribution in [0.1, 0.15) is 168 Å². The highest BCUT2D eigenvalue weighted by Crippen LogP contribution is 2.43. The predicted molar refractivity (Wildman–Crippen MR) is 196 cm³/mol. The van der Waals surface area contributed by atoms with Crippen LogP contribution in [0.25, 0.3) is 0 Å². The molecular weight excluding hydrogens is 631 g/mol. The second kappa shape index (κ2) is 35.8. The van der Waals surface area contributed by atoms with Crippen molar-refractivity contribution in [3.05, 3.63) is 24.3 Å². The summed E-state index contributed by atoms with van der Waals surface area (Å²) >= 11 is 0. The maximum atomic E-state index is 12.5. The third-order valence-electron chi connectivity index (χ3n) is 8.14. The van der Waals surface area contributed by atoms with Crippen LogP contribution >= 0.6 is 7.82 Å². The molecule has 0 aromatic rings. The van der Waals surface area contributed by atoms with Gasteiger partial charge in [-0.15, -0.1) is 0 Å². The summed E-state index contributed by atoms with van der Waals surface area (Å²) in [6.07, 6.45) is 34.2. The summed E-state index contributed by atoms with van der Waals surface area (Å²) in [6, 6.07) is 0. The number of aliphatic hydroxyl groups is 2. The van der Waals surface area contributed by atoms with Crippen LogP contribution < -0.4 is 0 Å². The lowest BCUT2D eigenvalue weighted by atomic mass is 10.1. The van der Waals surface area contributed by atoms with Gasteiger partial charge in [0.15, 0.2) is 0 Å². The number of hydrogen-bond acceptors (Lipinski definition) is 8. The molecule has 0 aliphatic rings. The minimum atomic E-state index is -4.51. The van der Waals surface area contributed by atoms with E-state index in [0.29, 0.717) is 6.61 Å². The number of ether oxygens (including phenoxy) is 2. The van der Waals surface area contributed by atoms with Crippen LogP contribution in [0.4, 0.5) is 0 Å². The number of phosphoric acid groups is 1. The summed E-state index contributed by atoms with van der Waals surface area (Å²) in [5.41, 5.74) is 0. The van der Waals surface area contributed by atoms with E-state index < -0.39 is 33.2 Å². The van der Waals surface area contributed by atoms with Crippen molar-refractivity contribution in [2.24, 2.45) is 0 Å². The Labute approximate surface area is 293 Å². The molecule has 48 heavy (non-hydrogen) atoms. The van der Waals surface area contributed by atoms with Gasteiger partial charge in [-0.2, -0.15) is 0 Å². The first kappa shape index (κ1) is 46.9. The highest BCUT2D eigenvalue weighted by atomic mass is 31.2. The second-order valence-corrected chi connectivity index (χ2v) is 14.4. The van der Waals surface area contributed by atoms with Crippen molar-refractivity contribution >= 4 is 13.8 Å². The van der Waals surface area contributed by atoms with Gasteiger partial charge in [0, 0.05) is 13.0 Å². The zero-order valence-corrected chi connectivity index (χ0v) is 31.6. The molecule has 0 aromatic heterocycles. The predicted octanol–water partition coefficient (Wildman–Crippen LogP) is 9.92. The molecule has 10 heteroatoms. The van der Waals surface area contributed by atoms with E-state index >= 15 is 0 Å². The SMILES string of the molecule is CCCCC/C=C\C/C=C\CCCCCCCCCCOCC(COP(=O)(O)OCC(O)CO)OC(=O)CCCCCCCCCCC. The number of unbranched alkanes of at least 4 members (excludes halogenated alkanes) is 19. The minimum absolute atomic E-state index is 0.0481. The van der Waals surface area contributed by atoms with Crippen LogP contribution in [-0.4, -0.2) is 66.3 Å². The fourth-order valence-electron chi connectivity index (χ4n) is 5.15. The number of allylic oxidation sites excluding steroid dienone is 4. The number of hydrogen-bond donors (Lipinski definition) is 3. The molecule has 284 valence electrons. The third-order valence-corrected chi connectivity index (χ3v) is 9.09. The molecule has 0 spiro atoms. The van der Waals surface area contributed by atoms with E-state index in [1.807, 2.05) is 0 Å². The van der Waals surface area contributed by atoms with E-state index in [1.165, 1.54) is 96.3 Å². The highest BCUT2D eigenvalue weighted by Gasteiger charge is 2.26. The molecule has 9 nitrogen and oxygen atoms in total. The average Bonchev–Trinajstić information content (AvgIpc) is 3.07. The Hall–Kier alpha value is -1.06. The molecule has 0 fully saturated rings. The van der Waals surface area contributed by atoms with E-state index in [-0.39, 0.29) is 25.6 Å². The van der Waals surface area contributed by atoms with Crippen molar-refractivity contribution in [3.8, 4) is 0 Å². The van der Waals surface area contributed by atoms with Gasteiger partial charge in [-0.25, -0.2) is 4.57 Å². The maximum absolute atomic E-state index is 12.5. The van der Waals surface area contributed by atoms with E-state index in [1.54, 1.807) is 0 Å². The summed E-state index contributed by atoms with van der Waals surface area (Å²) in [5.74, 6) is -0.388. The van der Waals surface area contributed by atoms with Gasteiger partial charge >= 0.3 is 13.8 Å². The molecule has 0 aliphatic heterocycles. The topological polar surface area (TPSA) is 132 Å². The van der Waals surface area contributed by atoms with E-state index in [9.17, 15) is 19.4 Å². The molecule has 3 atom stereocenters. The Morgan fingerprint density at radius 1 is 0.646 bits per heavy atom. The molecule has 0 rings (SSSR count). The van der Waals surface area contributed by atoms with Gasteiger partial charge in [-0.05, 0) is 44.9 Å². The minimum Gasteiger partial charge on any atom is -0.457 e. The lowest BCUT2D eigenvalue weighted by molar-refractivity contribution is -0.154. The molecule has 0 bridgehead atoms. The largest absolute Gasteiger partial charge is 0.472 e. The molecule has 0 saturated heterocycles. The van der Waals surface area contributed by atoms with Crippen LogP contribution in [-0.2, 0) is 27.9 Å². The summed E-state index contributed by atoms with van der Waals surface area (Å²) < 4.78 is 33.2. The number of rotatable bonds is 37. The zero-order chi connectivity index (χ0) is 35.4. The number of phosphoric ester groups is 1. The van der Waals surface area contributed by atoms with Crippen LogP contribution in [0.5, 0.6) is 0 Å². The molecule has 0 radical (unpaired) electrons. The first-order valence-corrected chi connectivity index (χ1v) is 20.8. The number of carbonyl (C=O) groups excluding carboxylic acids is 1. The standard InChI is InChI=1S/C38H73O9P/c1-3-5-7-9-11-13-14-15-16-17-18-19-20-21-23-25-27-29-31-44-34-37(35-46-48(42,43)45-33-36(40)32-39)47-38(41)30-28-26-24-22-12-10-8-6-4-2/h11,13,15-16,36-37,39-40H,3-10,12,14,17-35H2,1-2H3,(H,42,43)/b13-11-,16-15-. The first-order valence-electron chi connectivity index (χ1n) is 19.3. The fourth-order valence-corrected chi connectivity index (χ4v) is 5.94. The van der Waals surface area contributed by atoms with E-state index in [4.69, 9.17) is 23.6 Å². The Balaban J connectivity index is 4.15. The number of aliphatic hydroxyl groups excluding tert-OH is 2. The lowest BCUT2D eigenvalue weighted by Gasteiger charge is -2.20. The van der Waals surface area contributed by atoms with E-state index in [2.05, 4.69) is 38.2 Å². The number of esters is 1. The van der Waals surface area contributed by atoms with Gasteiger partial charge in [-0.1, -0.05) is 141 Å². The molecule has 0 amide bonds. The Kier molecular flexibility index (Phi) is 35.0. The zero-order valence-electron chi connectivity index (χ0n) is 30.7. The molecule has 3 N–H and O–H groups in total. The second-order valence-electron chi connectivity index (χ2n) is 13.0. The normalized spacial score (nSPS) is 14.5. The van der Waals surface area contributed by atoms with Crippen LogP contribution in [0.15, 0.2) is 24.3 Å². The van der Waals surface area contributed by atoms with E-state index in [0.717, 1.165) is 51.4 Å². The maximum Gasteiger partial charge on any atom is 0.472 e. The summed E-state index contributed by atoms with van der Waals surface area (Å²) in [5, 5.41) is 18.3. The van der Waals surface area contributed by atoms with Crippen molar-refractivity contribution in [1.82, 2.24) is 0 Å². The summed E-state index contributed by atoms with van der Waals surface area (Å²) in [4.78, 5) is 22.4. The average molecular weight is 705 g/mol. The van der Waals surface area contributed by atoms with Crippen molar-refractivity contribution in [2.75, 3.05) is 33.0 Å². The van der Waals surface area contributed by atoms with Crippen LogP contribution in [0.2, 0.25) is 0 Å². The summed E-state index contributed by atoms with van der Waals surface area (Å²) in [7, 11) is -4.51. The molecular formula is C38H73O9P. The van der Waals surface area contributed by atoms with Gasteiger partial charge in [0.2, 0.25) is 0 Å². The Morgan fingerprint density at radius 3 is 1.71 bits per heavy atom. The van der Waals surface area contributed by atoms with Crippen LogP contribution in [0, 0.1) is 0 Å². The van der Waals surface area contributed by atoms with Gasteiger partial charge in [0.1, 0.15) is 12.2 Å². The van der Waals surface area contributed by atoms with Gasteiger partial charge in [0.05, 0.1) is 26.4 Å². The van der Waals surface area contributed by atoms with Gasteiger partial charge in [-0.3, -0.25) is 13.8 Å². The van der Waals surface area contributed by atoms with Gasteiger partial charge in [0.25, 0.3) is 0 Å². The monoisotopic (exact) mass is 704 g/mol. The molecule has 0 saturated carbocycles. The highest BCUT2D eigenvalue weighted by molar-refractivity contribution is 7.47. The Bertz CT molecular complexity index is 805. The van der Waals surface area contributed by atoms with Crippen molar-refractivity contribution < 1.29 is 43.0 Å². The van der Waals surface area contributed by atoms with Crippen molar-refractivity contribution in [2.45, 2.75) is 180 Å². The molecule has 0 heterocycles. The third kappa shape index (κ3) is 34.8. The quantitative estimate of drug-likeness (QED) is 0.0250. The molecule has 3 unspecified atom stereocenters. The lowest BCUT2D eigenvalue weighted by Crippen LogP contribution is -2.29. The molecule has 0 aromatic carbocycles. The van der Waals surface area contributed by atoms with Crippen molar-refractivity contribution in [1.29, 1.82) is 0 Å². The Morgan fingerprint density at radius 2 is 1.12 bits per heavy atom. The fraction of sp³-hybridized carbons (Fsp3) is 0.868.